The van der Waals surface area contributed by atoms with Gasteiger partial charge in [0, 0.05) is 6.42 Å². The molecule has 3 atom stereocenters. The molecule has 0 spiro atoms. The second-order valence-electron chi connectivity index (χ2n) is 14.3. The van der Waals surface area contributed by atoms with Crippen molar-refractivity contribution in [1.29, 1.82) is 0 Å². The van der Waals surface area contributed by atoms with Crippen LogP contribution in [0.3, 0.4) is 0 Å². The average molecular weight is 688 g/mol. The van der Waals surface area contributed by atoms with E-state index in [9.17, 15) is 19.4 Å². The Morgan fingerprint density at radius 3 is 1.74 bits per heavy atom. The number of aliphatic hydroxyl groups excluding tert-OH is 1. The summed E-state index contributed by atoms with van der Waals surface area (Å²) in [6.07, 6.45) is 34.0. The zero-order valence-electron chi connectivity index (χ0n) is 31.3. The largest absolute Gasteiger partial charge is 0.472 e. The van der Waals surface area contributed by atoms with Gasteiger partial charge in [0.05, 0.1) is 39.9 Å². The van der Waals surface area contributed by atoms with Crippen LogP contribution in [0.2, 0.25) is 0 Å². The summed E-state index contributed by atoms with van der Waals surface area (Å²) in [4.78, 5) is 22.8. The molecule has 278 valence electrons. The van der Waals surface area contributed by atoms with E-state index in [2.05, 4.69) is 43.5 Å². The lowest BCUT2D eigenvalue weighted by molar-refractivity contribution is -0.870. The molecule has 0 aromatic carbocycles. The maximum Gasteiger partial charge on any atom is 0.472 e. The Bertz CT molecular complexity index is 829. The minimum absolute atomic E-state index is 0.0725. The molecule has 0 heterocycles. The fourth-order valence-corrected chi connectivity index (χ4v) is 6.04. The molecule has 0 saturated carbocycles. The molecule has 1 amide bonds. The molecule has 47 heavy (non-hydrogen) atoms. The molecule has 8 nitrogen and oxygen atoms in total. The molecule has 0 aromatic heterocycles. The van der Waals surface area contributed by atoms with Crippen LogP contribution in [0.4, 0.5) is 0 Å². The fourth-order valence-electron chi connectivity index (χ4n) is 5.31. The number of nitrogens with one attached hydrogen (secondary N) is 1. The van der Waals surface area contributed by atoms with Crippen molar-refractivity contribution >= 4 is 13.7 Å². The Balaban J connectivity index is 4.09. The smallest absolute Gasteiger partial charge is 0.391 e. The van der Waals surface area contributed by atoms with Gasteiger partial charge in [-0.3, -0.25) is 13.8 Å². The van der Waals surface area contributed by atoms with Crippen LogP contribution in [0.1, 0.15) is 162 Å². The summed E-state index contributed by atoms with van der Waals surface area (Å²) in [6.45, 7) is 4.73. The van der Waals surface area contributed by atoms with Crippen molar-refractivity contribution in [3.8, 4) is 0 Å². The number of hydrogen-bond donors (Lipinski definition) is 3. The highest BCUT2D eigenvalue weighted by atomic mass is 31.2. The standard InChI is InChI=1S/C38H75N2O6P/c1-6-8-10-12-13-14-15-16-17-18-19-20-21-22-23-24-25-26-27-28-30-32-38(42)39-36(37(41)31-29-11-9-7-2)35-46-47(43,44)45-34-33-40(3,4)5/h15-16,18-19,36-37,41H,6-14,17,20-35H2,1-5H3,(H-,39,42,43,44)/p+1/b16-15-,19-18-. The highest BCUT2D eigenvalue weighted by Gasteiger charge is 2.28. The molecular formula is C38H76N2O6P+. The van der Waals surface area contributed by atoms with Crippen LogP contribution in [0.15, 0.2) is 24.3 Å². The summed E-state index contributed by atoms with van der Waals surface area (Å²) in [5.41, 5.74) is 0. The van der Waals surface area contributed by atoms with Gasteiger partial charge in [-0.2, -0.15) is 0 Å². The van der Waals surface area contributed by atoms with E-state index in [-0.39, 0.29) is 19.1 Å². The third kappa shape index (κ3) is 33.3. The first kappa shape index (κ1) is 46.0. The van der Waals surface area contributed by atoms with E-state index in [0.717, 1.165) is 51.4 Å². The number of allylic oxidation sites excluding steroid dienone is 4. The van der Waals surface area contributed by atoms with E-state index >= 15 is 0 Å². The van der Waals surface area contributed by atoms with Gasteiger partial charge < -0.3 is 19.8 Å². The van der Waals surface area contributed by atoms with Gasteiger partial charge in [-0.1, -0.05) is 134 Å². The van der Waals surface area contributed by atoms with E-state index in [1.54, 1.807) is 0 Å². The molecule has 0 aromatic rings. The van der Waals surface area contributed by atoms with Gasteiger partial charge >= 0.3 is 7.82 Å². The molecule has 3 N–H and O–H groups in total. The summed E-state index contributed by atoms with van der Waals surface area (Å²) in [6, 6.07) is -0.756. The number of phosphoric acid groups is 1. The summed E-state index contributed by atoms with van der Waals surface area (Å²) in [5, 5.41) is 13.6. The van der Waals surface area contributed by atoms with Crippen LogP contribution in [-0.2, 0) is 18.4 Å². The Labute approximate surface area is 290 Å². The molecule has 9 heteroatoms. The van der Waals surface area contributed by atoms with Crippen molar-refractivity contribution in [2.75, 3.05) is 40.9 Å². The summed E-state index contributed by atoms with van der Waals surface area (Å²) in [5.74, 6) is -0.159. The Morgan fingerprint density at radius 2 is 1.21 bits per heavy atom. The maximum atomic E-state index is 12.7. The van der Waals surface area contributed by atoms with Crippen molar-refractivity contribution in [2.24, 2.45) is 0 Å². The molecule has 3 unspecified atom stereocenters. The van der Waals surface area contributed by atoms with Crippen LogP contribution >= 0.6 is 7.82 Å². The number of carbonyl (C=O) groups excluding carboxylic acids is 1. The number of rotatable bonds is 34. The molecule has 0 rings (SSSR count). The lowest BCUT2D eigenvalue weighted by Crippen LogP contribution is -2.46. The van der Waals surface area contributed by atoms with E-state index in [1.165, 1.54) is 83.5 Å². The summed E-state index contributed by atoms with van der Waals surface area (Å²) in [7, 11) is 1.60. The van der Waals surface area contributed by atoms with E-state index < -0.39 is 20.0 Å². The molecule has 0 radical (unpaired) electrons. The van der Waals surface area contributed by atoms with Crippen LogP contribution in [0, 0.1) is 0 Å². The molecule has 0 aliphatic rings. The topological polar surface area (TPSA) is 105 Å². The SMILES string of the molecule is CCCCCCC/C=C\C/C=C\CCCCCCCCCCCC(=O)NC(COP(=O)(O)OCC[N+](C)(C)C)C(O)CCCCCC. The summed E-state index contributed by atoms with van der Waals surface area (Å²) >= 11 is 0. The first-order valence-corrected chi connectivity index (χ1v) is 20.7. The number of unbranched alkanes of at least 4 members (excludes halogenated alkanes) is 17. The molecule has 0 aliphatic carbocycles. The Kier molecular flexibility index (Phi) is 30.3. The minimum Gasteiger partial charge on any atom is -0.391 e. The number of phosphoric ester groups is 1. The second kappa shape index (κ2) is 31.0. The zero-order valence-corrected chi connectivity index (χ0v) is 32.2. The number of aliphatic hydroxyl groups is 1. The van der Waals surface area contributed by atoms with Gasteiger partial charge in [-0.05, 0) is 44.9 Å². The van der Waals surface area contributed by atoms with Gasteiger partial charge in [-0.15, -0.1) is 0 Å². The predicted octanol–water partition coefficient (Wildman–Crippen LogP) is 9.80. The third-order valence-corrected chi connectivity index (χ3v) is 9.44. The molecule has 0 fully saturated rings. The van der Waals surface area contributed by atoms with E-state index in [4.69, 9.17) is 9.05 Å². The number of hydrogen-bond acceptors (Lipinski definition) is 5. The lowest BCUT2D eigenvalue weighted by Gasteiger charge is -2.26. The van der Waals surface area contributed by atoms with Crippen LogP contribution in [0.5, 0.6) is 0 Å². The fraction of sp³-hybridized carbons (Fsp3) is 0.868. The predicted molar refractivity (Wildman–Crippen MR) is 198 cm³/mol. The Hall–Kier alpha value is -1.02. The number of amides is 1. The van der Waals surface area contributed by atoms with Crippen molar-refractivity contribution < 1.29 is 32.9 Å². The molecule has 0 bridgehead atoms. The van der Waals surface area contributed by atoms with Crippen LogP contribution in [-0.4, -0.2) is 73.4 Å². The van der Waals surface area contributed by atoms with Crippen molar-refractivity contribution in [3.05, 3.63) is 24.3 Å². The molecule has 0 aliphatic heterocycles. The first-order chi connectivity index (χ1) is 22.5. The Morgan fingerprint density at radius 1 is 0.723 bits per heavy atom. The van der Waals surface area contributed by atoms with Crippen LogP contribution < -0.4 is 5.32 Å². The van der Waals surface area contributed by atoms with E-state index in [0.29, 0.717) is 23.9 Å². The monoisotopic (exact) mass is 688 g/mol. The number of carbonyl (C=O) groups is 1. The average Bonchev–Trinajstić information content (AvgIpc) is 3.01. The van der Waals surface area contributed by atoms with Gasteiger partial charge in [0.25, 0.3) is 0 Å². The van der Waals surface area contributed by atoms with Crippen molar-refractivity contribution in [2.45, 2.75) is 174 Å². The highest BCUT2D eigenvalue weighted by molar-refractivity contribution is 7.47. The third-order valence-electron chi connectivity index (χ3n) is 8.45. The molecular weight excluding hydrogens is 611 g/mol. The zero-order chi connectivity index (χ0) is 35.1. The number of nitrogens with zero attached hydrogens (tertiary/aromatic N) is 1. The van der Waals surface area contributed by atoms with E-state index in [1.807, 2.05) is 21.1 Å². The van der Waals surface area contributed by atoms with Crippen LogP contribution in [0.25, 0.3) is 0 Å². The number of likely N-dealkylation sites (N-methyl/N-ethyl adjacent to an activating group) is 1. The summed E-state index contributed by atoms with van der Waals surface area (Å²) < 4.78 is 23.3. The lowest BCUT2D eigenvalue weighted by atomic mass is 10.0. The number of quaternary nitrogens is 1. The first-order valence-electron chi connectivity index (χ1n) is 19.2. The van der Waals surface area contributed by atoms with Gasteiger partial charge in [0.2, 0.25) is 5.91 Å². The second-order valence-corrected chi connectivity index (χ2v) is 15.8. The van der Waals surface area contributed by atoms with Crippen molar-refractivity contribution in [1.82, 2.24) is 5.32 Å². The maximum absolute atomic E-state index is 12.7. The quantitative estimate of drug-likeness (QED) is 0.0269. The van der Waals surface area contributed by atoms with Gasteiger partial charge in [-0.25, -0.2) is 4.57 Å². The normalized spacial score (nSPS) is 15.0. The van der Waals surface area contributed by atoms with Crippen molar-refractivity contribution in [3.63, 3.8) is 0 Å². The highest BCUT2D eigenvalue weighted by Crippen LogP contribution is 2.43. The molecule has 0 saturated heterocycles. The van der Waals surface area contributed by atoms with Gasteiger partial charge in [0.1, 0.15) is 13.2 Å². The van der Waals surface area contributed by atoms with Gasteiger partial charge in [0.15, 0.2) is 0 Å². The minimum atomic E-state index is -4.29.